The van der Waals surface area contributed by atoms with Crippen molar-refractivity contribution >= 4 is 33.4 Å². The van der Waals surface area contributed by atoms with Crippen LogP contribution in [0.25, 0.3) is 0 Å². The molecule has 2 atom stereocenters. The Morgan fingerprint density at radius 3 is 2.72 bits per heavy atom. The molecular weight excluding hydrogens is 434 g/mol. The predicted octanol–water partition coefficient (Wildman–Crippen LogP) is 3.23. The Balaban J connectivity index is 1.64. The topological polar surface area (TPSA) is 61.9 Å². The number of carbonyl (C=O) groups is 2. The van der Waals surface area contributed by atoms with Gasteiger partial charge in [-0.25, -0.2) is 0 Å². The van der Waals surface area contributed by atoms with Gasteiger partial charge in [0.2, 0.25) is 11.8 Å². The third-order valence-corrected chi connectivity index (χ3v) is 5.68. The van der Waals surface area contributed by atoms with Crippen LogP contribution >= 0.6 is 15.9 Å². The Kier molecular flexibility index (Phi) is 6.92. The number of halogens is 1. The summed E-state index contributed by atoms with van der Waals surface area (Å²) < 4.78 is 6.22. The molecule has 2 aromatic carbocycles. The van der Waals surface area contributed by atoms with E-state index in [2.05, 4.69) is 26.1 Å². The second kappa shape index (κ2) is 9.41. The highest BCUT2D eigenvalue weighted by molar-refractivity contribution is 9.10. The summed E-state index contributed by atoms with van der Waals surface area (Å²) in [5.41, 5.74) is 1.87. The molecule has 1 aliphatic heterocycles. The number of nitrogens with one attached hydrogen (secondary N) is 1. The number of hydrogen-bond donors (Lipinski definition) is 1. The maximum Gasteiger partial charge on any atom is 0.227 e. The third-order valence-electron chi connectivity index (χ3n) is 5.19. The number of benzene rings is 2. The van der Waals surface area contributed by atoms with Crippen molar-refractivity contribution in [1.29, 1.82) is 0 Å². The normalized spacial score (nSPS) is 17.5. The molecule has 6 nitrogen and oxygen atoms in total. The van der Waals surface area contributed by atoms with E-state index >= 15 is 0 Å². The zero-order chi connectivity index (χ0) is 21.0. The van der Waals surface area contributed by atoms with Crippen LogP contribution in [0.1, 0.15) is 18.0 Å². The molecule has 0 bridgehead atoms. The maximum atomic E-state index is 12.8. The highest BCUT2D eigenvalue weighted by Crippen LogP contribution is 2.28. The molecule has 1 aliphatic rings. The van der Waals surface area contributed by atoms with Gasteiger partial charge in [0.15, 0.2) is 0 Å². The van der Waals surface area contributed by atoms with E-state index in [0.29, 0.717) is 13.1 Å². The molecular formula is C22H26BrN3O3. The van der Waals surface area contributed by atoms with Gasteiger partial charge in [0.25, 0.3) is 0 Å². The van der Waals surface area contributed by atoms with Crippen molar-refractivity contribution in [2.75, 3.05) is 39.2 Å². The molecule has 1 fully saturated rings. The van der Waals surface area contributed by atoms with E-state index in [9.17, 15) is 9.59 Å². The first-order chi connectivity index (χ1) is 13.9. The van der Waals surface area contributed by atoms with E-state index < -0.39 is 0 Å². The van der Waals surface area contributed by atoms with Gasteiger partial charge >= 0.3 is 0 Å². The van der Waals surface area contributed by atoms with Crippen molar-refractivity contribution in [3.8, 4) is 5.75 Å². The average molecular weight is 460 g/mol. The Morgan fingerprint density at radius 1 is 1.28 bits per heavy atom. The summed E-state index contributed by atoms with van der Waals surface area (Å²) in [4.78, 5) is 29.0. The lowest BCUT2D eigenvalue weighted by atomic mass is 10.0. The molecule has 154 valence electrons. The van der Waals surface area contributed by atoms with Gasteiger partial charge < -0.3 is 19.9 Å². The standard InChI is InChI=1S/C22H26BrN3O3/c1-25(2)20(15-6-4-9-19(10-15)29-3)13-24-22(28)16-11-21(27)26(14-16)18-8-5-7-17(23)12-18/h4-10,12,16,20H,11,13-14H2,1-3H3,(H,24,28). The van der Waals surface area contributed by atoms with E-state index in [-0.39, 0.29) is 30.2 Å². The van der Waals surface area contributed by atoms with Crippen molar-refractivity contribution in [3.05, 3.63) is 58.6 Å². The molecule has 1 heterocycles. The number of hydrogen-bond acceptors (Lipinski definition) is 4. The highest BCUT2D eigenvalue weighted by atomic mass is 79.9. The van der Waals surface area contributed by atoms with E-state index in [1.54, 1.807) is 12.0 Å². The van der Waals surface area contributed by atoms with Gasteiger partial charge in [-0.3, -0.25) is 9.59 Å². The van der Waals surface area contributed by atoms with Crippen LogP contribution in [-0.4, -0.2) is 51.0 Å². The number of nitrogens with zero attached hydrogens (tertiary/aromatic N) is 2. The van der Waals surface area contributed by atoms with Crippen LogP contribution in [0, 0.1) is 5.92 Å². The summed E-state index contributed by atoms with van der Waals surface area (Å²) in [6.45, 7) is 0.855. The van der Waals surface area contributed by atoms with Gasteiger partial charge in [0.1, 0.15) is 5.75 Å². The molecule has 2 unspecified atom stereocenters. The fourth-order valence-electron chi connectivity index (χ4n) is 3.57. The first-order valence-electron chi connectivity index (χ1n) is 9.53. The summed E-state index contributed by atoms with van der Waals surface area (Å²) in [6, 6.07) is 15.4. The molecule has 1 N–H and O–H groups in total. The minimum atomic E-state index is -0.352. The predicted molar refractivity (Wildman–Crippen MR) is 117 cm³/mol. The van der Waals surface area contributed by atoms with Crippen molar-refractivity contribution < 1.29 is 14.3 Å². The third kappa shape index (κ3) is 5.16. The van der Waals surface area contributed by atoms with Gasteiger partial charge in [-0.1, -0.05) is 34.1 Å². The van der Waals surface area contributed by atoms with Crippen LogP contribution < -0.4 is 15.0 Å². The smallest absolute Gasteiger partial charge is 0.227 e. The van der Waals surface area contributed by atoms with Crippen molar-refractivity contribution in [3.63, 3.8) is 0 Å². The number of anilines is 1. The molecule has 1 saturated heterocycles. The van der Waals surface area contributed by atoms with Crippen LogP contribution in [0.3, 0.4) is 0 Å². The summed E-state index contributed by atoms with van der Waals surface area (Å²) in [5.74, 6) is 0.312. The lowest BCUT2D eigenvalue weighted by molar-refractivity contribution is -0.126. The van der Waals surface area contributed by atoms with E-state index in [1.165, 1.54) is 0 Å². The number of ether oxygens (including phenoxy) is 1. The Bertz CT molecular complexity index is 887. The summed E-state index contributed by atoms with van der Waals surface area (Å²) in [6.07, 6.45) is 0.226. The fraction of sp³-hybridized carbons (Fsp3) is 0.364. The second-order valence-electron chi connectivity index (χ2n) is 7.39. The summed E-state index contributed by atoms with van der Waals surface area (Å²) in [5, 5.41) is 3.04. The summed E-state index contributed by atoms with van der Waals surface area (Å²) >= 11 is 3.43. The van der Waals surface area contributed by atoms with E-state index in [0.717, 1.165) is 21.5 Å². The van der Waals surface area contributed by atoms with Crippen molar-refractivity contribution in [2.24, 2.45) is 5.92 Å². The van der Waals surface area contributed by atoms with Crippen LogP contribution in [-0.2, 0) is 9.59 Å². The molecule has 29 heavy (non-hydrogen) atoms. The van der Waals surface area contributed by atoms with E-state index in [1.807, 2.05) is 62.6 Å². The first-order valence-corrected chi connectivity index (χ1v) is 10.3. The number of likely N-dealkylation sites (N-methyl/N-ethyl adjacent to an activating group) is 1. The number of rotatable bonds is 7. The second-order valence-corrected chi connectivity index (χ2v) is 8.30. The highest BCUT2D eigenvalue weighted by Gasteiger charge is 2.35. The Hall–Kier alpha value is -2.38. The van der Waals surface area contributed by atoms with Crippen LogP contribution in [0.4, 0.5) is 5.69 Å². The zero-order valence-electron chi connectivity index (χ0n) is 16.9. The van der Waals surface area contributed by atoms with Crippen LogP contribution in [0.2, 0.25) is 0 Å². The minimum Gasteiger partial charge on any atom is -0.497 e. The average Bonchev–Trinajstić information content (AvgIpc) is 3.10. The van der Waals surface area contributed by atoms with Gasteiger partial charge in [0, 0.05) is 29.7 Å². The molecule has 2 amide bonds. The van der Waals surface area contributed by atoms with E-state index in [4.69, 9.17) is 4.74 Å². The SMILES string of the molecule is COc1cccc(C(CNC(=O)C2CC(=O)N(c3cccc(Br)c3)C2)N(C)C)c1. The fourth-order valence-corrected chi connectivity index (χ4v) is 3.95. The Morgan fingerprint density at radius 2 is 2.03 bits per heavy atom. The summed E-state index contributed by atoms with van der Waals surface area (Å²) in [7, 11) is 5.59. The van der Waals surface area contributed by atoms with Gasteiger partial charge in [-0.05, 0) is 50.0 Å². The minimum absolute atomic E-state index is 0.00679. The quantitative estimate of drug-likeness (QED) is 0.690. The molecule has 3 rings (SSSR count). The molecule has 0 radical (unpaired) electrons. The van der Waals surface area contributed by atoms with Crippen molar-refractivity contribution in [2.45, 2.75) is 12.5 Å². The van der Waals surface area contributed by atoms with Crippen LogP contribution in [0.15, 0.2) is 53.0 Å². The number of methoxy groups -OCH3 is 1. The molecule has 2 aromatic rings. The molecule has 0 saturated carbocycles. The van der Waals surface area contributed by atoms with Gasteiger partial charge in [-0.2, -0.15) is 0 Å². The van der Waals surface area contributed by atoms with Crippen molar-refractivity contribution in [1.82, 2.24) is 10.2 Å². The lowest BCUT2D eigenvalue weighted by Crippen LogP contribution is -2.38. The first kappa shape index (κ1) is 21.3. The van der Waals surface area contributed by atoms with Gasteiger partial charge in [-0.15, -0.1) is 0 Å². The lowest BCUT2D eigenvalue weighted by Gasteiger charge is -2.26. The molecule has 0 aromatic heterocycles. The zero-order valence-corrected chi connectivity index (χ0v) is 18.5. The maximum absolute atomic E-state index is 12.8. The largest absolute Gasteiger partial charge is 0.497 e. The number of amides is 2. The Labute approximate surface area is 180 Å². The number of carbonyl (C=O) groups excluding carboxylic acids is 2. The molecule has 0 spiro atoms. The van der Waals surface area contributed by atoms with Gasteiger partial charge in [0.05, 0.1) is 19.1 Å². The molecule has 7 heteroatoms. The molecule has 0 aliphatic carbocycles. The monoisotopic (exact) mass is 459 g/mol. The van der Waals surface area contributed by atoms with Crippen LogP contribution in [0.5, 0.6) is 5.75 Å².